The molecule has 1 N–H and O–H groups in total. The molecule has 1 aliphatic rings. The molecule has 64 valence electrons. The van der Waals surface area contributed by atoms with Crippen molar-refractivity contribution in [2.24, 2.45) is 0 Å². The molecule has 2 nitrogen and oxygen atoms in total. The maximum atomic E-state index is 11.8. The number of aliphatic hydroxyl groups excluding tert-OH is 1. The van der Waals surface area contributed by atoms with E-state index in [1.165, 1.54) is 0 Å². The summed E-state index contributed by atoms with van der Waals surface area (Å²) in [4.78, 5) is 0. The number of aliphatic hydroxyl groups is 1. The lowest BCUT2D eigenvalue weighted by Crippen LogP contribution is -2.29. The Morgan fingerprint density at radius 2 is 2.18 bits per heavy atom. The minimum absolute atomic E-state index is 0.0995. The summed E-state index contributed by atoms with van der Waals surface area (Å²) < 4.78 is 39.8. The van der Waals surface area contributed by atoms with Crippen molar-refractivity contribution >= 4 is 0 Å². The number of hydrogen-bond acceptors (Lipinski definition) is 2. The van der Waals surface area contributed by atoms with Crippen LogP contribution in [0.4, 0.5) is 13.2 Å². The Kier molecular flexibility index (Phi) is 2.08. The van der Waals surface area contributed by atoms with Gasteiger partial charge in [-0.15, -0.1) is 0 Å². The molecule has 1 heterocycles. The Balaban J connectivity index is 2.60. The van der Waals surface area contributed by atoms with Crippen LogP contribution >= 0.6 is 0 Å². The predicted octanol–water partition coefficient (Wildman–Crippen LogP) is 1.21. The summed E-state index contributed by atoms with van der Waals surface area (Å²) in [6, 6.07) is 0. The third kappa shape index (κ3) is 1.86. The van der Waals surface area contributed by atoms with Gasteiger partial charge in [-0.3, -0.25) is 0 Å². The molecule has 1 unspecified atom stereocenters. The fraction of sp³-hybridized carbons (Fsp3) is 0.667. The first kappa shape index (κ1) is 8.39. The lowest BCUT2D eigenvalue weighted by atomic mass is 10.1. The molecule has 0 radical (unpaired) electrons. The van der Waals surface area contributed by atoms with Crippen molar-refractivity contribution in [3.05, 3.63) is 11.8 Å². The van der Waals surface area contributed by atoms with Crippen LogP contribution < -0.4 is 0 Å². The maximum Gasteiger partial charge on any atom is 0.418 e. The van der Waals surface area contributed by atoms with Crippen molar-refractivity contribution in [3.63, 3.8) is 0 Å². The standard InChI is InChI=1S/C6H7F3O2/c7-6(8,9)5(10)4-1-2-11-3-4/h3,5,10H,1-2H2. The zero-order chi connectivity index (χ0) is 8.48. The van der Waals surface area contributed by atoms with Gasteiger partial charge in [0.05, 0.1) is 12.9 Å². The second-order valence-electron chi connectivity index (χ2n) is 2.26. The summed E-state index contributed by atoms with van der Waals surface area (Å²) in [7, 11) is 0. The molecular weight excluding hydrogens is 161 g/mol. The van der Waals surface area contributed by atoms with Gasteiger partial charge in [-0.2, -0.15) is 13.2 Å². The van der Waals surface area contributed by atoms with Gasteiger partial charge in [0.25, 0.3) is 0 Å². The van der Waals surface area contributed by atoms with Crippen molar-refractivity contribution < 1.29 is 23.0 Å². The van der Waals surface area contributed by atoms with Gasteiger partial charge in [0.15, 0.2) is 6.10 Å². The number of ether oxygens (including phenoxy) is 1. The van der Waals surface area contributed by atoms with Gasteiger partial charge >= 0.3 is 6.18 Å². The highest BCUT2D eigenvalue weighted by atomic mass is 19.4. The summed E-state index contributed by atoms with van der Waals surface area (Å²) in [6.45, 7) is 0.225. The van der Waals surface area contributed by atoms with Crippen LogP contribution in [0.2, 0.25) is 0 Å². The zero-order valence-electron chi connectivity index (χ0n) is 5.56. The maximum absolute atomic E-state index is 11.8. The van der Waals surface area contributed by atoms with Crippen LogP contribution in [0.25, 0.3) is 0 Å². The minimum Gasteiger partial charge on any atom is -0.501 e. The molecule has 1 aliphatic heterocycles. The van der Waals surface area contributed by atoms with Gasteiger partial charge in [0.1, 0.15) is 0 Å². The van der Waals surface area contributed by atoms with E-state index in [1.54, 1.807) is 0 Å². The molecular formula is C6H7F3O2. The number of rotatable bonds is 1. The third-order valence-electron chi connectivity index (χ3n) is 1.40. The molecule has 11 heavy (non-hydrogen) atoms. The van der Waals surface area contributed by atoms with Crippen LogP contribution in [0.5, 0.6) is 0 Å². The average molecular weight is 168 g/mol. The largest absolute Gasteiger partial charge is 0.501 e. The van der Waals surface area contributed by atoms with Crippen LogP contribution in [0.3, 0.4) is 0 Å². The SMILES string of the molecule is OC(C1=COCC1)C(F)(F)F. The zero-order valence-corrected chi connectivity index (χ0v) is 5.56. The van der Waals surface area contributed by atoms with Gasteiger partial charge < -0.3 is 9.84 Å². The number of halogens is 3. The smallest absolute Gasteiger partial charge is 0.418 e. The molecule has 0 saturated carbocycles. The lowest BCUT2D eigenvalue weighted by Gasteiger charge is -2.13. The Morgan fingerprint density at radius 1 is 1.55 bits per heavy atom. The highest BCUT2D eigenvalue weighted by Crippen LogP contribution is 2.28. The quantitative estimate of drug-likeness (QED) is 0.637. The molecule has 0 bridgehead atoms. The highest BCUT2D eigenvalue weighted by molar-refractivity contribution is 5.10. The predicted molar refractivity (Wildman–Crippen MR) is 30.7 cm³/mol. The third-order valence-corrected chi connectivity index (χ3v) is 1.40. The second-order valence-corrected chi connectivity index (χ2v) is 2.26. The van der Waals surface area contributed by atoms with Crippen molar-refractivity contribution in [3.8, 4) is 0 Å². The van der Waals surface area contributed by atoms with E-state index in [0.29, 0.717) is 0 Å². The van der Waals surface area contributed by atoms with E-state index >= 15 is 0 Å². The van der Waals surface area contributed by atoms with Crippen molar-refractivity contribution in [2.45, 2.75) is 18.7 Å². The van der Waals surface area contributed by atoms with E-state index < -0.39 is 12.3 Å². The molecule has 0 saturated heterocycles. The molecule has 1 atom stereocenters. The Bertz CT molecular complexity index is 173. The molecule has 0 aliphatic carbocycles. The van der Waals surface area contributed by atoms with Crippen LogP contribution in [0.1, 0.15) is 6.42 Å². The first-order chi connectivity index (χ1) is 5.02. The van der Waals surface area contributed by atoms with Crippen molar-refractivity contribution in [2.75, 3.05) is 6.61 Å². The first-order valence-electron chi connectivity index (χ1n) is 3.07. The van der Waals surface area contributed by atoms with Gasteiger partial charge in [-0.25, -0.2) is 0 Å². The number of hydrogen-bond donors (Lipinski definition) is 1. The minimum atomic E-state index is -4.57. The van der Waals surface area contributed by atoms with Gasteiger partial charge in [-0.05, 0) is 0 Å². The fourth-order valence-corrected chi connectivity index (χ4v) is 0.813. The molecule has 0 aromatic rings. The van der Waals surface area contributed by atoms with Gasteiger partial charge in [0, 0.05) is 12.0 Å². The van der Waals surface area contributed by atoms with E-state index in [4.69, 9.17) is 5.11 Å². The molecule has 1 rings (SSSR count). The van der Waals surface area contributed by atoms with Crippen LogP contribution in [-0.2, 0) is 4.74 Å². The van der Waals surface area contributed by atoms with Crippen LogP contribution in [0.15, 0.2) is 11.8 Å². The summed E-state index contributed by atoms with van der Waals surface area (Å²) in [5.41, 5.74) is -0.0995. The van der Waals surface area contributed by atoms with E-state index in [2.05, 4.69) is 4.74 Å². The molecule has 0 aromatic heterocycles. The molecule has 5 heteroatoms. The molecule has 0 spiro atoms. The Morgan fingerprint density at radius 3 is 2.55 bits per heavy atom. The van der Waals surface area contributed by atoms with E-state index in [9.17, 15) is 13.2 Å². The van der Waals surface area contributed by atoms with Crippen molar-refractivity contribution in [1.29, 1.82) is 0 Å². The van der Waals surface area contributed by atoms with Crippen molar-refractivity contribution in [1.82, 2.24) is 0 Å². The van der Waals surface area contributed by atoms with Crippen LogP contribution in [0, 0.1) is 0 Å². The molecule has 0 aromatic carbocycles. The fourth-order valence-electron chi connectivity index (χ4n) is 0.813. The van der Waals surface area contributed by atoms with E-state index in [0.717, 1.165) is 6.26 Å². The van der Waals surface area contributed by atoms with Gasteiger partial charge in [-0.1, -0.05) is 0 Å². The monoisotopic (exact) mass is 168 g/mol. The Labute approximate surface area is 61.3 Å². The normalized spacial score (nSPS) is 20.9. The lowest BCUT2D eigenvalue weighted by molar-refractivity contribution is -0.191. The second kappa shape index (κ2) is 2.73. The van der Waals surface area contributed by atoms with Crippen LogP contribution in [-0.4, -0.2) is 24.0 Å². The summed E-state index contributed by atoms with van der Waals surface area (Å²) in [5.74, 6) is 0. The first-order valence-corrected chi connectivity index (χ1v) is 3.07. The Hall–Kier alpha value is -0.710. The average Bonchev–Trinajstić information content (AvgIpc) is 2.34. The number of alkyl halides is 3. The topological polar surface area (TPSA) is 29.5 Å². The van der Waals surface area contributed by atoms with E-state index in [-0.39, 0.29) is 18.6 Å². The highest BCUT2D eigenvalue weighted by Gasteiger charge is 2.41. The van der Waals surface area contributed by atoms with E-state index in [1.807, 2.05) is 0 Å². The summed E-state index contributed by atoms with van der Waals surface area (Å²) in [6.07, 6.45) is -5.80. The van der Waals surface area contributed by atoms with Gasteiger partial charge in [0.2, 0.25) is 0 Å². The summed E-state index contributed by atoms with van der Waals surface area (Å²) >= 11 is 0. The molecule has 0 amide bonds. The summed E-state index contributed by atoms with van der Waals surface area (Å²) in [5, 5.41) is 8.61. The molecule has 0 fully saturated rings.